The van der Waals surface area contributed by atoms with Crippen LogP contribution in [0.1, 0.15) is 50.1 Å². The number of nitrogens with one attached hydrogen (secondary N) is 2. The van der Waals surface area contributed by atoms with E-state index in [1.165, 1.54) is 25.3 Å². The summed E-state index contributed by atoms with van der Waals surface area (Å²) in [6.45, 7) is 1.97. The number of benzene rings is 1. The average molecular weight is 395 g/mol. The number of nitrogens with zero attached hydrogens (tertiary/aromatic N) is 1. The van der Waals surface area contributed by atoms with Gasteiger partial charge in [-0.2, -0.15) is 0 Å². The van der Waals surface area contributed by atoms with E-state index in [-0.39, 0.29) is 36.2 Å². The predicted molar refractivity (Wildman–Crippen MR) is 110 cm³/mol. The van der Waals surface area contributed by atoms with E-state index in [1.807, 2.05) is 12.3 Å². The van der Waals surface area contributed by atoms with Gasteiger partial charge in [0.05, 0.1) is 11.2 Å². The summed E-state index contributed by atoms with van der Waals surface area (Å²) in [7, 11) is 0. The summed E-state index contributed by atoms with van der Waals surface area (Å²) in [6, 6.07) is 3.78. The van der Waals surface area contributed by atoms with E-state index in [0.29, 0.717) is 22.7 Å². The average Bonchev–Trinajstić information content (AvgIpc) is 3.19. The molecule has 2 fully saturated rings. The standard InChI is InChI=1S/C20H27FN4O.ClH/c21-17-8-16-19(9-18(17)24-14-4-2-1-3-5-14)25(15-6-7-23-11-15)12-13(10-22)20(16)26;/h8-9,12,14-15,23-24H,1-7,10-11,22H2;1H. The lowest BCUT2D eigenvalue weighted by atomic mass is 9.95. The molecule has 148 valence electrons. The molecule has 0 spiro atoms. The third-order valence-corrected chi connectivity index (χ3v) is 5.81. The summed E-state index contributed by atoms with van der Waals surface area (Å²) in [5.41, 5.74) is 7.44. The summed E-state index contributed by atoms with van der Waals surface area (Å²) < 4.78 is 16.9. The van der Waals surface area contributed by atoms with Gasteiger partial charge in [-0.15, -0.1) is 12.4 Å². The maximum Gasteiger partial charge on any atom is 0.193 e. The van der Waals surface area contributed by atoms with Crippen molar-refractivity contribution in [1.82, 2.24) is 9.88 Å². The number of halogens is 2. The minimum atomic E-state index is -0.356. The highest BCUT2D eigenvalue weighted by molar-refractivity contribution is 5.85. The highest BCUT2D eigenvalue weighted by atomic mass is 35.5. The fraction of sp³-hybridized carbons (Fsp3) is 0.550. The summed E-state index contributed by atoms with van der Waals surface area (Å²) in [5.74, 6) is -0.356. The fourth-order valence-corrected chi connectivity index (χ4v) is 4.33. The van der Waals surface area contributed by atoms with Crippen molar-refractivity contribution in [2.75, 3.05) is 18.4 Å². The minimum absolute atomic E-state index is 0. The normalized spacial score (nSPS) is 20.6. The number of aromatic nitrogens is 1. The number of anilines is 1. The van der Waals surface area contributed by atoms with Crippen molar-refractivity contribution in [3.63, 3.8) is 0 Å². The molecule has 2 aromatic rings. The minimum Gasteiger partial charge on any atom is -0.380 e. The maximum absolute atomic E-state index is 14.7. The van der Waals surface area contributed by atoms with Crippen molar-refractivity contribution in [1.29, 1.82) is 0 Å². The molecule has 2 aliphatic rings. The Morgan fingerprint density at radius 1 is 1.22 bits per heavy atom. The molecule has 0 radical (unpaired) electrons. The number of pyridine rings is 1. The Kier molecular flexibility index (Phi) is 6.40. The molecule has 1 atom stereocenters. The van der Waals surface area contributed by atoms with Crippen LogP contribution in [0, 0.1) is 5.82 Å². The number of rotatable bonds is 4. The molecule has 1 saturated carbocycles. The van der Waals surface area contributed by atoms with E-state index >= 15 is 0 Å². The van der Waals surface area contributed by atoms with Crippen LogP contribution in [0.4, 0.5) is 10.1 Å². The summed E-state index contributed by atoms with van der Waals surface area (Å²) in [4.78, 5) is 12.7. The van der Waals surface area contributed by atoms with Gasteiger partial charge in [0, 0.05) is 42.3 Å². The molecule has 4 rings (SSSR count). The molecule has 2 heterocycles. The smallest absolute Gasteiger partial charge is 0.193 e. The summed E-state index contributed by atoms with van der Waals surface area (Å²) in [5, 5.41) is 7.16. The first-order valence-electron chi connectivity index (χ1n) is 9.72. The molecule has 1 aromatic carbocycles. The Bertz CT molecular complexity index is 857. The Morgan fingerprint density at radius 3 is 2.67 bits per heavy atom. The molecule has 7 heteroatoms. The first kappa shape index (κ1) is 20.1. The van der Waals surface area contributed by atoms with Crippen LogP contribution < -0.4 is 21.8 Å². The van der Waals surface area contributed by atoms with Crippen molar-refractivity contribution in [3.8, 4) is 0 Å². The second kappa shape index (κ2) is 8.59. The molecule has 27 heavy (non-hydrogen) atoms. The summed E-state index contributed by atoms with van der Waals surface area (Å²) >= 11 is 0. The molecule has 1 aliphatic heterocycles. The zero-order valence-electron chi connectivity index (χ0n) is 15.5. The van der Waals surface area contributed by atoms with Crippen molar-refractivity contribution < 1.29 is 4.39 Å². The van der Waals surface area contributed by atoms with Gasteiger partial charge in [-0.05, 0) is 37.9 Å². The molecular weight excluding hydrogens is 367 g/mol. The molecular formula is C20H28ClFN4O. The maximum atomic E-state index is 14.7. The van der Waals surface area contributed by atoms with Crippen molar-refractivity contribution in [2.45, 2.75) is 57.2 Å². The van der Waals surface area contributed by atoms with Crippen molar-refractivity contribution in [3.05, 3.63) is 39.9 Å². The van der Waals surface area contributed by atoms with E-state index in [0.717, 1.165) is 37.9 Å². The van der Waals surface area contributed by atoms with E-state index in [9.17, 15) is 9.18 Å². The van der Waals surface area contributed by atoms with E-state index in [1.54, 1.807) is 0 Å². The van der Waals surface area contributed by atoms with Gasteiger partial charge in [0.25, 0.3) is 0 Å². The van der Waals surface area contributed by atoms with Crippen LogP contribution in [0.5, 0.6) is 0 Å². The van der Waals surface area contributed by atoms with Crippen molar-refractivity contribution in [2.24, 2.45) is 5.73 Å². The zero-order chi connectivity index (χ0) is 18.1. The largest absolute Gasteiger partial charge is 0.380 e. The molecule has 0 amide bonds. The first-order chi connectivity index (χ1) is 12.7. The monoisotopic (exact) mass is 394 g/mol. The Balaban J connectivity index is 0.00000210. The highest BCUT2D eigenvalue weighted by Crippen LogP contribution is 2.28. The lowest BCUT2D eigenvalue weighted by molar-refractivity contribution is 0.460. The van der Waals surface area contributed by atoms with Crippen LogP contribution in [0.3, 0.4) is 0 Å². The lowest BCUT2D eigenvalue weighted by Crippen LogP contribution is -2.24. The van der Waals surface area contributed by atoms with E-state index in [2.05, 4.69) is 15.2 Å². The van der Waals surface area contributed by atoms with Gasteiger partial charge >= 0.3 is 0 Å². The Labute approximate surface area is 164 Å². The van der Waals surface area contributed by atoms with Gasteiger partial charge < -0.3 is 20.9 Å². The zero-order valence-corrected chi connectivity index (χ0v) is 16.3. The second-order valence-electron chi connectivity index (χ2n) is 7.57. The fourth-order valence-electron chi connectivity index (χ4n) is 4.33. The van der Waals surface area contributed by atoms with Crippen LogP contribution in [0.25, 0.3) is 10.9 Å². The molecule has 1 saturated heterocycles. The van der Waals surface area contributed by atoms with E-state index < -0.39 is 0 Å². The van der Waals surface area contributed by atoms with Gasteiger partial charge in [0.15, 0.2) is 5.43 Å². The van der Waals surface area contributed by atoms with Crippen LogP contribution in [-0.2, 0) is 6.54 Å². The van der Waals surface area contributed by atoms with Gasteiger partial charge in [-0.25, -0.2) is 4.39 Å². The van der Waals surface area contributed by atoms with Crippen LogP contribution in [0.15, 0.2) is 23.1 Å². The van der Waals surface area contributed by atoms with Gasteiger partial charge in [0.1, 0.15) is 5.82 Å². The van der Waals surface area contributed by atoms with Gasteiger partial charge in [-0.3, -0.25) is 4.79 Å². The molecule has 1 unspecified atom stereocenters. The molecule has 1 aliphatic carbocycles. The molecule has 5 nitrogen and oxygen atoms in total. The quantitative estimate of drug-likeness (QED) is 0.744. The number of hydrogen-bond acceptors (Lipinski definition) is 4. The molecule has 0 bridgehead atoms. The second-order valence-corrected chi connectivity index (χ2v) is 7.57. The first-order valence-corrected chi connectivity index (χ1v) is 9.72. The topological polar surface area (TPSA) is 72.1 Å². The molecule has 4 N–H and O–H groups in total. The van der Waals surface area contributed by atoms with Crippen LogP contribution in [-0.4, -0.2) is 23.7 Å². The van der Waals surface area contributed by atoms with Gasteiger partial charge in [-0.1, -0.05) is 19.3 Å². The van der Waals surface area contributed by atoms with E-state index in [4.69, 9.17) is 5.73 Å². The van der Waals surface area contributed by atoms with Crippen molar-refractivity contribution >= 4 is 29.0 Å². The van der Waals surface area contributed by atoms with Crippen LogP contribution in [0.2, 0.25) is 0 Å². The number of nitrogens with two attached hydrogens (primary N) is 1. The van der Waals surface area contributed by atoms with Crippen LogP contribution >= 0.6 is 12.4 Å². The Hall–Kier alpha value is -1.63. The number of fused-ring (bicyclic) bond motifs is 1. The third kappa shape index (κ3) is 3.98. The predicted octanol–water partition coefficient (Wildman–Crippen LogP) is 3.30. The summed E-state index contributed by atoms with van der Waals surface area (Å²) in [6.07, 6.45) is 8.63. The Morgan fingerprint density at radius 2 is 2.00 bits per heavy atom. The number of hydrogen-bond donors (Lipinski definition) is 3. The molecule has 1 aromatic heterocycles. The highest BCUT2D eigenvalue weighted by Gasteiger charge is 2.21. The van der Waals surface area contributed by atoms with Gasteiger partial charge in [0.2, 0.25) is 0 Å². The SMILES string of the molecule is Cl.NCc1cn(C2CCNC2)c2cc(NC3CCCCC3)c(F)cc2c1=O. The lowest BCUT2D eigenvalue weighted by Gasteiger charge is -2.25. The third-order valence-electron chi connectivity index (χ3n) is 5.81.